The Morgan fingerprint density at radius 2 is 1.96 bits per heavy atom. The lowest BCUT2D eigenvalue weighted by Crippen LogP contribution is -2.24. The first kappa shape index (κ1) is 17.4. The third kappa shape index (κ3) is 3.81. The Hall–Kier alpha value is -2.42. The first-order valence-electron chi connectivity index (χ1n) is 7.94. The number of benzene rings is 1. The molecule has 0 bridgehead atoms. The van der Waals surface area contributed by atoms with Crippen molar-refractivity contribution in [3.05, 3.63) is 36.3 Å². The molecule has 1 N–H and O–H groups in total. The van der Waals surface area contributed by atoms with Crippen LogP contribution in [-0.4, -0.2) is 45.6 Å². The van der Waals surface area contributed by atoms with Gasteiger partial charge in [-0.15, -0.1) is 0 Å². The Morgan fingerprint density at radius 3 is 2.60 bits per heavy atom. The summed E-state index contributed by atoms with van der Waals surface area (Å²) in [6.07, 6.45) is 3.63. The predicted octanol–water partition coefficient (Wildman–Crippen LogP) is 2.08. The fourth-order valence-corrected chi connectivity index (χ4v) is 3.76. The molecule has 1 aromatic carbocycles. The first-order valence-corrected chi connectivity index (χ1v) is 9.43. The van der Waals surface area contributed by atoms with Crippen molar-refractivity contribution in [2.45, 2.75) is 17.7 Å². The highest BCUT2D eigenvalue weighted by atomic mass is 32.2. The van der Waals surface area contributed by atoms with E-state index in [9.17, 15) is 12.8 Å². The van der Waals surface area contributed by atoms with Gasteiger partial charge in [-0.3, -0.25) is 4.72 Å². The van der Waals surface area contributed by atoms with Crippen molar-refractivity contribution in [3.8, 4) is 0 Å². The molecule has 1 aromatic heterocycles. The number of hydrogen-bond donors (Lipinski definition) is 1. The van der Waals surface area contributed by atoms with Crippen LogP contribution in [0, 0.1) is 5.82 Å². The Bertz CT molecular complexity index is 867. The number of halogens is 1. The normalized spacial score (nSPS) is 14.6. The second kappa shape index (κ2) is 6.83. The van der Waals surface area contributed by atoms with Gasteiger partial charge < -0.3 is 9.80 Å². The van der Waals surface area contributed by atoms with Gasteiger partial charge >= 0.3 is 0 Å². The zero-order chi connectivity index (χ0) is 18.0. The van der Waals surface area contributed by atoms with Gasteiger partial charge in [-0.25, -0.2) is 17.8 Å². The van der Waals surface area contributed by atoms with Crippen LogP contribution in [0.4, 0.5) is 21.8 Å². The highest BCUT2D eigenvalue weighted by Crippen LogP contribution is 2.27. The molecule has 25 heavy (non-hydrogen) atoms. The summed E-state index contributed by atoms with van der Waals surface area (Å²) in [5.74, 6) is 0.420. The van der Waals surface area contributed by atoms with E-state index in [0.717, 1.165) is 32.0 Å². The number of sulfonamides is 1. The van der Waals surface area contributed by atoms with Crippen LogP contribution in [0.1, 0.15) is 12.8 Å². The molecule has 1 aliphatic heterocycles. The van der Waals surface area contributed by atoms with Gasteiger partial charge in [0.05, 0.1) is 11.1 Å². The van der Waals surface area contributed by atoms with E-state index in [2.05, 4.69) is 19.6 Å². The molecule has 0 saturated carbocycles. The van der Waals surface area contributed by atoms with E-state index in [4.69, 9.17) is 0 Å². The third-order valence-corrected chi connectivity index (χ3v) is 5.28. The van der Waals surface area contributed by atoms with E-state index in [1.807, 2.05) is 0 Å². The van der Waals surface area contributed by atoms with E-state index in [0.29, 0.717) is 11.8 Å². The van der Waals surface area contributed by atoms with Crippen molar-refractivity contribution < 1.29 is 12.8 Å². The van der Waals surface area contributed by atoms with E-state index < -0.39 is 15.8 Å². The van der Waals surface area contributed by atoms with Crippen LogP contribution >= 0.6 is 0 Å². The minimum absolute atomic E-state index is 0.152. The van der Waals surface area contributed by atoms with Crippen LogP contribution in [0.15, 0.2) is 35.4 Å². The van der Waals surface area contributed by atoms with E-state index in [1.165, 1.54) is 24.4 Å². The predicted molar refractivity (Wildman–Crippen MR) is 95.0 cm³/mol. The molecule has 7 nitrogen and oxygen atoms in total. The zero-order valence-electron chi connectivity index (χ0n) is 14.1. The maximum Gasteiger partial charge on any atom is 0.262 e. The van der Waals surface area contributed by atoms with Gasteiger partial charge in [0.1, 0.15) is 11.5 Å². The second-order valence-corrected chi connectivity index (χ2v) is 7.74. The summed E-state index contributed by atoms with van der Waals surface area (Å²) in [7, 11) is -0.386. The van der Waals surface area contributed by atoms with Crippen molar-refractivity contribution in [1.29, 1.82) is 0 Å². The summed E-state index contributed by atoms with van der Waals surface area (Å²) in [6.45, 7) is 1.78. The van der Waals surface area contributed by atoms with Crippen molar-refractivity contribution in [3.63, 3.8) is 0 Å². The SMILES string of the molecule is CN(C)c1nc(N2CCCC2)ncc1NS(=O)(=O)c1cccc(F)c1. The lowest BCUT2D eigenvalue weighted by atomic mass is 10.4. The number of nitrogens with one attached hydrogen (secondary N) is 1. The van der Waals surface area contributed by atoms with Crippen LogP contribution in [0.2, 0.25) is 0 Å². The van der Waals surface area contributed by atoms with Crippen LogP contribution in [0.5, 0.6) is 0 Å². The smallest absolute Gasteiger partial charge is 0.262 e. The standard InChI is InChI=1S/C16H20FN5O2S/c1-21(2)15-14(11-18-16(19-15)22-8-3-4-9-22)20-25(23,24)13-7-5-6-12(17)10-13/h5-7,10-11,20H,3-4,8-9H2,1-2H3. The molecule has 0 radical (unpaired) electrons. The summed E-state index contributed by atoms with van der Waals surface area (Å²) < 4.78 is 40.8. The molecule has 0 unspecified atom stereocenters. The first-order chi connectivity index (χ1) is 11.9. The molecule has 0 atom stereocenters. The molecule has 9 heteroatoms. The summed E-state index contributed by atoms with van der Waals surface area (Å²) in [4.78, 5) is 12.4. The van der Waals surface area contributed by atoms with Gasteiger partial charge in [0.2, 0.25) is 5.95 Å². The highest BCUT2D eigenvalue weighted by molar-refractivity contribution is 7.92. The number of rotatable bonds is 5. The summed E-state index contributed by atoms with van der Waals surface area (Å²) >= 11 is 0. The Labute approximate surface area is 146 Å². The van der Waals surface area contributed by atoms with E-state index >= 15 is 0 Å². The Balaban J connectivity index is 1.93. The van der Waals surface area contributed by atoms with Gasteiger partial charge in [-0.1, -0.05) is 6.07 Å². The van der Waals surface area contributed by atoms with E-state index in [1.54, 1.807) is 19.0 Å². The number of nitrogens with zero attached hydrogens (tertiary/aromatic N) is 4. The third-order valence-electron chi connectivity index (χ3n) is 3.92. The van der Waals surface area contributed by atoms with Crippen LogP contribution in [-0.2, 0) is 10.0 Å². The monoisotopic (exact) mass is 365 g/mol. The van der Waals surface area contributed by atoms with E-state index in [-0.39, 0.29) is 10.6 Å². The van der Waals surface area contributed by atoms with Crippen molar-refractivity contribution in [2.24, 2.45) is 0 Å². The maximum atomic E-state index is 13.3. The van der Waals surface area contributed by atoms with Crippen molar-refractivity contribution in [1.82, 2.24) is 9.97 Å². The molecule has 0 spiro atoms. The van der Waals surface area contributed by atoms with Crippen molar-refractivity contribution >= 4 is 27.5 Å². The van der Waals surface area contributed by atoms with Crippen LogP contribution in [0.3, 0.4) is 0 Å². The number of anilines is 3. The van der Waals surface area contributed by atoms with Crippen molar-refractivity contribution in [2.75, 3.05) is 41.7 Å². The molecule has 2 aromatic rings. The molecular formula is C16H20FN5O2S. The fourth-order valence-electron chi connectivity index (χ4n) is 2.68. The Kier molecular flexibility index (Phi) is 4.76. The van der Waals surface area contributed by atoms with Crippen LogP contribution in [0.25, 0.3) is 0 Å². The minimum atomic E-state index is -3.93. The molecule has 3 rings (SSSR count). The zero-order valence-corrected chi connectivity index (χ0v) is 14.9. The topological polar surface area (TPSA) is 78.4 Å². The van der Waals surface area contributed by atoms with Gasteiger partial charge in [0, 0.05) is 27.2 Å². The van der Waals surface area contributed by atoms with Crippen LogP contribution < -0.4 is 14.5 Å². The molecule has 1 aliphatic rings. The fraction of sp³-hybridized carbons (Fsp3) is 0.375. The molecule has 134 valence electrons. The van der Waals surface area contributed by atoms with Gasteiger partial charge in [0.15, 0.2) is 5.82 Å². The second-order valence-electron chi connectivity index (χ2n) is 6.06. The Morgan fingerprint density at radius 1 is 1.24 bits per heavy atom. The summed E-state index contributed by atoms with van der Waals surface area (Å²) in [5.41, 5.74) is 0.247. The summed E-state index contributed by atoms with van der Waals surface area (Å²) in [5, 5.41) is 0. The summed E-state index contributed by atoms with van der Waals surface area (Å²) in [6, 6.07) is 4.85. The number of aromatic nitrogens is 2. The lowest BCUT2D eigenvalue weighted by molar-refractivity contribution is 0.595. The molecule has 2 heterocycles. The highest BCUT2D eigenvalue weighted by Gasteiger charge is 2.21. The quantitative estimate of drug-likeness (QED) is 0.874. The average Bonchev–Trinajstić information content (AvgIpc) is 3.09. The molecule has 0 aliphatic carbocycles. The maximum absolute atomic E-state index is 13.3. The van der Waals surface area contributed by atoms with Gasteiger partial charge in [-0.2, -0.15) is 4.98 Å². The number of hydrogen-bond acceptors (Lipinski definition) is 6. The van der Waals surface area contributed by atoms with Gasteiger partial charge in [-0.05, 0) is 31.0 Å². The molecule has 1 saturated heterocycles. The lowest BCUT2D eigenvalue weighted by Gasteiger charge is -2.21. The molecular weight excluding hydrogens is 345 g/mol. The molecule has 0 amide bonds. The minimum Gasteiger partial charge on any atom is -0.361 e. The average molecular weight is 365 g/mol. The molecule has 1 fully saturated rings. The van der Waals surface area contributed by atoms with Gasteiger partial charge in [0.25, 0.3) is 10.0 Å². The largest absolute Gasteiger partial charge is 0.361 e.